The zero-order valence-corrected chi connectivity index (χ0v) is 86.9. The second-order valence-electron chi connectivity index (χ2n) is 57.6. The van der Waals surface area contributed by atoms with Crippen molar-refractivity contribution in [2.75, 3.05) is 0 Å². The maximum Gasteiger partial charge on any atom is -0.0297 e. The van der Waals surface area contributed by atoms with E-state index in [1.165, 1.54) is 263 Å². The first-order valence-electron chi connectivity index (χ1n) is 64.2. The van der Waals surface area contributed by atoms with Crippen LogP contribution in [-0.4, -0.2) is 0 Å². The van der Waals surface area contributed by atoms with E-state index in [4.69, 9.17) is 0 Å². The van der Waals surface area contributed by atoms with Gasteiger partial charge in [0.15, 0.2) is 0 Å². The molecule has 0 amide bonds. The number of hydrogen-bond acceptors (Lipinski definition) is 0. The predicted molar refractivity (Wildman–Crippen MR) is 555 cm³/mol. The van der Waals surface area contributed by atoms with Crippen LogP contribution in [0.5, 0.6) is 0 Å². The zero-order valence-electron chi connectivity index (χ0n) is 86.9. The normalized spacial score (nSPS) is 47.6. The maximum absolute atomic E-state index is 1.64. The van der Waals surface area contributed by atoms with Crippen molar-refractivity contribution in [2.24, 2.45) is 217 Å². The highest BCUT2D eigenvalue weighted by Gasteiger charge is 2.55. The highest BCUT2D eigenvalue weighted by molar-refractivity contribution is 5.06. The van der Waals surface area contributed by atoms with Crippen LogP contribution in [0.4, 0.5) is 0 Å². The quantitative estimate of drug-likeness (QED) is 0.227. The monoisotopic (exact) mass is 1780 g/mol. The van der Waals surface area contributed by atoms with Crippen LogP contribution < -0.4 is 0 Å². The molecule has 36 rings (SSSR count). The van der Waals surface area contributed by atoms with Crippen LogP contribution in [0.1, 0.15) is 597 Å². The van der Waals surface area contributed by atoms with Gasteiger partial charge in [-0.3, -0.25) is 0 Å². The van der Waals surface area contributed by atoms with Gasteiger partial charge in [-0.05, 0) is 500 Å². The Morgan fingerprint density at radius 2 is 0.254 bits per heavy atom. The molecule has 130 heavy (non-hydrogen) atoms. The number of hydrogen-bond donors (Lipinski definition) is 0. The van der Waals surface area contributed by atoms with E-state index in [2.05, 4.69) is 0 Å². The van der Waals surface area contributed by atoms with Crippen molar-refractivity contribution in [3.63, 3.8) is 0 Å². The summed E-state index contributed by atoms with van der Waals surface area (Å²) in [6, 6.07) is 0. The van der Waals surface area contributed by atoms with Gasteiger partial charge in [-0.1, -0.05) is 315 Å². The molecule has 0 heteroatoms. The molecule has 36 fully saturated rings. The highest BCUT2D eigenvalue weighted by atomic mass is 14.6. The van der Waals surface area contributed by atoms with Gasteiger partial charge in [-0.15, -0.1) is 0 Å². The molecule has 36 saturated carbocycles. The van der Waals surface area contributed by atoms with E-state index >= 15 is 0 Å². The van der Waals surface area contributed by atoms with Crippen molar-refractivity contribution < 1.29 is 0 Å². The van der Waals surface area contributed by atoms with Crippen molar-refractivity contribution in [1.82, 2.24) is 0 Å². The van der Waals surface area contributed by atoms with Gasteiger partial charge in [0.05, 0.1) is 0 Å². The number of fused-ring (bicyclic) bond motifs is 28. The van der Waals surface area contributed by atoms with Crippen molar-refractivity contribution >= 4 is 0 Å². The first-order chi connectivity index (χ1) is 64.2. The van der Waals surface area contributed by atoms with Crippen molar-refractivity contribution in [3.8, 4) is 0 Å². The summed E-state index contributed by atoms with van der Waals surface area (Å²) < 4.78 is 0. The maximum atomic E-state index is 1.64. The van der Waals surface area contributed by atoms with E-state index < -0.39 is 0 Å². The van der Waals surface area contributed by atoms with Crippen LogP contribution in [0.25, 0.3) is 0 Å². The fourth-order valence-electron chi connectivity index (χ4n) is 42.8. The fourth-order valence-corrected chi connectivity index (χ4v) is 42.8. The molecular weight excluding hydrogens is 1560 g/mol. The van der Waals surface area contributed by atoms with Crippen LogP contribution in [0.3, 0.4) is 0 Å². The van der Waals surface area contributed by atoms with E-state index in [0.29, 0.717) is 0 Å². The average Bonchev–Trinajstić information content (AvgIpc) is 1.67. The molecular formula is C130H220. The molecule has 0 N–H and O–H groups in total. The number of rotatable bonds is 0. The summed E-state index contributed by atoms with van der Waals surface area (Å²) in [6.45, 7) is 0. The predicted octanol–water partition coefficient (Wildman–Crippen LogP) is 40.5. The van der Waals surface area contributed by atoms with Crippen LogP contribution in [-0.2, 0) is 0 Å². The summed E-state index contributed by atoms with van der Waals surface area (Å²) in [4.78, 5) is 0. The molecule has 0 aromatic heterocycles. The van der Waals surface area contributed by atoms with Crippen LogP contribution in [0, 0.1) is 217 Å². The first kappa shape index (κ1) is 96.1. The summed E-state index contributed by atoms with van der Waals surface area (Å²) in [7, 11) is 0. The molecule has 36 aliphatic carbocycles. The minimum absolute atomic E-state index is 0.858. The molecule has 740 valence electrons. The third-order valence-electron chi connectivity index (χ3n) is 50.7. The molecule has 24 atom stereocenters. The third-order valence-corrected chi connectivity index (χ3v) is 50.7. The zero-order chi connectivity index (χ0) is 86.9. The Morgan fingerprint density at radius 3 is 0.500 bits per heavy atom. The molecule has 0 aromatic carbocycles. The minimum atomic E-state index is 0.858. The van der Waals surface area contributed by atoms with E-state index in [-0.39, 0.29) is 0 Å². The van der Waals surface area contributed by atoms with Crippen LogP contribution in [0.2, 0.25) is 0 Å². The molecule has 24 unspecified atom stereocenters. The molecule has 0 aromatic rings. The summed E-state index contributed by atoms with van der Waals surface area (Å²) in [6.07, 6.45) is 146. The van der Waals surface area contributed by atoms with Crippen molar-refractivity contribution in [3.05, 3.63) is 0 Å². The topological polar surface area (TPSA) is 0 Å². The lowest BCUT2D eigenvalue weighted by Crippen LogP contribution is -2.49. The lowest BCUT2D eigenvalue weighted by molar-refractivity contribution is -0.0786. The molecule has 0 saturated heterocycles. The van der Waals surface area contributed by atoms with Gasteiger partial charge in [-0.25, -0.2) is 0 Å². The molecule has 0 nitrogen and oxygen atoms in total. The van der Waals surface area contributed by atoms with E-state index in [1.807, 2.05) is 0 Å². The molecule has 0 radical (unpaired) electrons. The van der Waals surface area contributed by atoms with Crippen molar-refractivity contribution in [1.29, 1.82) is 0 Å². The first-order valence-corrected chi connectivity index (χ1v) is 64.2. The molecule has 10 bridgehead atoms. The molecule has 0 heterocycles. The Bertz CT molecular complexity index is 3060. The Hall–Kier alpha value is 0. The fraction of sp³-hybridized carbons (Fsp3) is 1.00. The van der Waals surface area contributed by atoms with Gasteiger partial charge in [0.2, 0.25) is 0 Å². The SMILES string of the molecule is C1C2CC1C2.C1CC2CC(C1)C2.C1CC2CC1C2.C1CC2CCC1C2.C1CC2CCCC2C2CC2C1.C1CCC2(CC1)CC2.C1CCC2(CC1)CCCC2.C1CCC2(CC1)CCCCC2.C1CCC2C(C1)CCC1C2CCC2C3CCCCC3CCC21.C1CCC2C(C1)CCC1C3CCCC3CCC21.C1CCC2C(C1)CCC1C3CCCCC3CCC21.C1CCC2CC(C1)C2. The summed E-state index contributed by atoms with van der Waals surface area (Å²) in [5.41, 5.74) is 2.66. The Morgan fingerprint density at radius 1 is 0.0846 bits per heavy atom. The average molecular weight is 1780 g/mol. The minimum Gasteiger partial charge on any atom is -0.0533 e. The van der Waals surface area contributed by atoms with Gasteiger partial charge < -0.3 is 0 Å². The van der Waals surface area contributed by atoms with Gasteiger partial charge >= 0.3 is 0 Å². The van der Waals surface area contributed by atoms with Crippen LogP contribution in [0.15, 0.2) is 0 Å². The second kappa shape index (κ2) is 46.6. The van der Waals surface area contributed by atoms with Gasteiger partial charge in [0.1, 0.15) is 0 Å². The summed E-state index contributed by atoms with van der Waals surface area (Å²) in [5.74, 6) is 39.9. The van der Waals surface area contributed by atoms with E-state index in [1.54, 1.807) is 488 Å². The molecule has 36 aliphatic rings. The summed E-state index contributed by atoms with van der Waals surface area (Å²) >= 11 is 0. The smallest absolute Gasteiger partial charge is 0.0297 e. The molecule has 3 spiro atoms. The molecule has 0 aliphatic heterocycles. The van der Waals surface area contributed by atoms with E-state index in [0.717, 1.165) is 63.6 Å². The Balaban J connectivity index is 0.0000000879. The third kappa shape index (κ3) is 24.2. The van der Waals surface area contributed by atoms with Crippen LogP contribution >= 0.6 is 0 Å². The standard InChI is InChI=1S/C22H36.C18H30.C17H28.C11H18.C11H20.C10H18.2C8H14.2C7H12.C6H10.C5H8/c1-3-7-17-15(5-1)9-11-21-19(17)13-14-20-18-8-4-2-6-16(18)10-12-22(20)21;1-3-7-15-13(5-1)9-11-18-16-8-4-2-6-14(16)10-12-17(15)18;1-2-6-14-12(4-1)8-10-17-15-7-3-5-13(15)9-11-16(14)17;1-3-8-4-2-6-10(8)11-7-9(11)5-1;1-3-7-11(8-4-1)9-5-2-6-10-11;1-2-6-10(7-3-1)8-4-5-9-10;1-2-4-8-5-7(3-1)6-8;1-2-4-8(5-3-1)6-7-8;1-2-7-4-3-6(1)5-7;1-2-6-4-7(3-1)5-6;1-2-6-3-5(1)4-6;1-4-2-5(1)3-4/h15-22H,1-14H2;13-18H,1-12H2;12-17H,1-11H2;8-11H,1-7H2;1-10H2;1-9H2;7-8H,1-6H2;1-7H2;2*6-7H,1-5H2;5-6H,1-4H2;4-5H,1-3H2. The lowest BCUT2D eigenvalue weighted by Gasteiger charge is -2.57. The summed E-state index contributed by atoms with van der Waals surface area (Å²) in [5, 5.41) is 0. The largest absolute Gasteiger partial charge is 0.0533 e. The Kier molecular flexibility index (Phi) is 34.5. The van der Waals surface area contributed by atoms with Crippen molar-refractivity contribution in [2.45, 2.75) is 597 Å². The van der Waals surface area contributed by atoms with Gasteiger partial charge in [0, 0.05) is 0 Å². The van der Waals surface area contributed by atoms with E-state index in [9.17, 15) is 0 Å². The second-order valence-corrected chi connectivity index (χ2v) is 57.6. The van der Waals surface area contributed by atoms with Gasteiger partial charge in [-0.2, -0.15) is 0 Å². The lowest BCUT2D eigenvalue weighted by atomic mass is 9.48. The Labute approximate surface area is 809 Å². The highest BCUT2D eigenvalue weighted by Crippen LogP contribution is 2.66. The van der Waals surface area contributed by atoms with Gasteiger partial charge in [0.25, 0.3) is 0 Å².